The molecule has 2 heterocycles. The lowest BCUT2D eigenvalue weighted by Crippen LogP contribution is -2.38. The number of hydrogen-bond acceptors (Lipinski definition) is 1. The zero-order valence-electron chi connectivity index (χ0n) is 50.8. The van der Waals surface area contributed by atoms with E-state index in [4.69, 9.17) is 0 Å². The van der Waals surface area contributed by atoms with Crippen molar-refractivity contribution in [3.63, 3.8) is 0 Å². The van der Waals surface area contributed by atoms with E-state index in [2.05, 4.69) is 18.7 Å². The van der Waals surface area contributed by atoms with E-state index in [-0.39, 0.29) is 0 Å². The standard InChI is InChI=1S/C71H141N/c1-3-5-7-9-11-13-15-17-19-21-23-25-27-29-31-33-35-37-39-41-43-45-47-49-51-53-55-57-59-61-63-69-65-67-71-68-66-70(72(69)71)64-62-60-58-56-54-52-50-48-46-44-42-40-38-36-34-32-30-28-26-24-22-20-18-16-14-12-10-8-6-4-2/h69-71H,3-68H2,1-2H3/t69-,70+,71?. The Kier molecular flexibility index (Phi) is 54.0. The van der Waals surface area contributed by atoms with Crippen molar-refractivity contribution in [2.24, 2.45) is 0 Å². The van der Waals surface area contributed by atoms with Gasteiger partial charge < -0.3 is 0 Å². The van der Waals surface area contributed by atoms with Crippen LogP contribution in [0.2, 0.25) is 0 Å². The minimum atomic E-state index is 0.940. The van der Waals surface area contributed by atoms with Crippen LogP contribution in [0.15, 0.2) is 0 Å². The largest absolute Gasteiger partial charge is 0.294 e. The molecule has 0 amide bonds. The lowest BCUT2D eigenvalue weighted by atomic mass is 9.99. The van der Waals surface area contributed by atoms with Gasteiger partial charge in [-0.05, 0) is 38.5 Å². The van der Waals surface area contributed by atoms with E-state index < -0.39 is 0 Å². The molecule has 0 aromatic heterocycles. The molecule has 2 saturated heterocycles. The molecule has 430 valence electrons. The molecular weight excluding hydrogens is 867 g/mol. The van der Waals surface area contributed by atoms with Crippen molar-refractivity contribution < 1.29 is 0 Å². The Morgan fingerprint density at radius 3 is 0.472 bits per heavy atom. The number of unbranched alkanes of at least 4 members (excludes halogenated alkanes) is 58. The van der Waals surface area contributed by atoms with E-state index in [1.807, 2.05) is 0 Å². The summed E-state index contributed by atoms with van der Waals surface area (Å²) in [6.45, 7) is 4.63. The molecule has 2 fully saturated rings. The van der Waals surface area contributed by atoms with Crippen molar-refractivity contribution in [3.05, 3.63) is 0 Å². The van der Waals surface area contributed by atoms with Gasteiger partial charge >= 0.3 is 0 Å². The lowest BCUT2D eigenvalue weighted by Gasteiger charge is -2.31. The predicted molar refractivity (Wildman–Crippen MR) is 329 cm³/mol. The van der Waals surface area contributed by atoms with Gasteiger partial charge in [0.25, 0.3) is 0 Å². The van der Waals surface area contributed by atoms with Crippen LogP contribution in [0.5, 0.6) is 0 Å². The van der Waals surface area contributed by atoms with Gasteiger partial charge in [-0.3, -0.25) is 4.90 Å². The summed E-state index contributed by atoms with van der Waals surface area (Å²) in [5, 5.41) is 0. The van der Waals surface area contributed by atoms with Gasteiger partial charge in [0, 0.05) is 18.1 Å². The number of rotatable bonds is 62. The molecule has 0 aromatic carbocycles. The SMILES string of the molecule is CCCCCCCCCCCCCCCCCCCCCCCCCCCCCCCC[C@@H]1CCC2CC[C@H](CCCCCCCCCCCCCCCCCCCCCCCCCCCCCCCC)N21. The summed E-state index contributed by atoms with van der Waals surface area (Å²) in [6.07, 6.45) is 98.4. The molecule has 1 nitrogen and oxygen atoms in total. The first-order valence-corrected chi connectivity index (χ1v) is 35.6. The summed E-state index contributed by atoms with van der Waals surface area (Å²) < 4.78 is 0. The van der Waals surface area contributed by atoms with Crippen LogP contribution in [0.1, 0.15) is 438 Å². The Labute approximate surface area is 458 Å². The number of fused-ring (bicyclic) bond motifs is 1. The molecule has 1 heteroatoms. The fraction of sp³-hybridized carbons (Fsp3) is 1.00. The van der Waals surface area contributed by atoms with Crippen molar-refractivity contribution in [1.29, 1.82) is 0 Å². The first-order chi connectivity index (χ1) is 35.9. The summed E-state index contributed by atoms with van der Waals surface area (Å²) in [5.74, 6) is 0. The molecular formula is C71H141N. The van der Waals surface area contributed by atoms with E-state index in [9.17, 15) is 0 Å². The molecule has 72 heavy (non-hydrogen) atoms. The minimum Gasteiger partial charge on any atom is -0.294 e. The second-order valence-corrected chi connectivity index (χ2v) is 25.6. The van der Waals surface area contributed by atoms with Crippen molar-refractivity contribution in [2.75, 3.05) is 0 Å². The fourth-order valence-electron chi connectivity index (χ4n) is 13.8. The maximum atomic E-state index is 3.09. The number of hydrogen-bond donors (Lipinski definition) is 0. The average Bonchev–Trinajstić information content (AvgIpc) is 4.00. The maximum absolute atomic E-state index is 3.09. The minimum absolute atomic E-state index is 0.940. The van der Waals surface area contributed by atoms with E-state index in [1.165, 1.54) is 424 Å². The molecule has 0 N–H and O–H groups in total. The van der Waals surface area contributed by atoms with Crippen LogP contribution < -0.4 is 0 Å². The molecule has 0 spiro atoms. The Bertz CT molecular complexity index is 912. The normalized spacial score (nSPS) is 17.0. The highest BCUT2D eigenvalue weighted by atomic mass is 15.3. The van der Waals surface area contributed by atoms with E-state index >= 15 is 0 Å². The van der Waals surface area contributed by atoms with Gasteiger partial charge in [0.15, 0.2) is 0 Å². The van der Waals surface area contributed by atoms with Crippen molar-refractivity contribution >= 4 is 0 Å². The van der Waals surface area contributed by atoms with E-state index in [1.54, 1.807) is 0 Å². The molecule has 1 unspecified atom stereocenters. The quantitative estimate of drug-likeness (QED) is 0.0549. The zero-order chi connectivity index (χ0) is 51.0. The Balaban J connectivity index is 1.22. The molecule has 2 aliphatic heterocycles. The molecule has 2 aliphatic rings. The predicted octanol–water partition coefficient (Wildman–Crippen LogP) is 26.2. The first-order valence-electron chi connectivity index (χ1n) is 35.6. The van der Waals surface area contributed by atoms with Gasteiger partial charge in [0.1, 0.15) is 0 Å². The van der Waals surface area contributed by atoms with Crippen LogP contribution in [0.25, 0.3) is 0 Å². The first kappa shape index (κ1) is 68.1. The van der Waals surface area contributed by atoms with Crippen LogP contribution in [0.3, 0.4) is 0 Å². The van der Waals surface area contributed by atoms with Crippen molar-refractivity contribution in [2.45, 2.75) is 456 Å². The third kappa shape index (κ3) is 45.0. The topological polar surface area (TPSA) is 3.24 Å². The van der Waals surface area contributed by atoms with Crippen molar-refractivity contribution in [1.82, 2.24) is 4.90 Å². The monoisotopic (exact) mass is 1010 g/mol. The second-order valence-electron chi connectivity index (χ2n) is 25.6. The molecule has 0 bridgehead atoms. The molecule has 0 radical (unpaired) electrons. The van der Waals surface area contributed by atoms with Gasteiger partial charge in [0.2, 0.25) is 0 Å². The van der Waals surface area contributed by atoms with Gasteiger partial charge in [-0.15, -0.1) is 0 Å². The Morgan fingerprint density at radius 1 is 0.181 bits per heavy atom. The van der Waals surface area contributed by atoms with Crippen molar-refractivity contribution in [3.8, 4) is 0 Å². The maximum Gasteiger partial charge on any atom is 0.0102 e. The summed E-state index contributed by atoms with van der Waals surface area (Å²) in [7, 11) is 0. The van der Waals surface area contributed by atoms with Crippen LogP contribution in [0, 0.1) is 0 Å². The van der Waals surface area contributed by atoms with E-state index in [0.717, 1.165) is 18.1 Å². The second kappa shape index (κ2) is 57.1. The molecule has 0 aromatic rings. The van der Waals surface area contributed by atoms with Gasteiger partial charge in [-0.1, -0.05) is 399 Å². The molecule has 3 atom stereocenters. The van der Waals surface area contributed by atoms with Crippen LogP contribution in [-0.4, -0.2) is 23.0 Å². The van der Waals surface area contributed by atoms with Crippen LogP contribution >= 0.6 is 0 Å². The van der Waals surface area contributed by atoms with Gasteiger partial charge in [-0.25, -0.2) is 0 Å². The summed E-state index contributed by atoms with van der Waals surface area (Å²) in [6, 6.07) is 2.84. The number of nitrogens with zero attached hydrogens (tertiary/aromatic N) is 1. The Hall–Kier alpha value is -0.0400. The summed E-state index contributed by atoms with van der Waals surface area (Å²) in [5.41, 5.74) is 0. The smallest absolute Gasteiger partial charge is 0.0102 e. The fourth-order valence-corrected chi connectivity index (χ4v) is 13.8. The van der Waals surface area contributed by atoms with Gasteiger partial charge in [0.05, 0.1) is 0 Å². The molecule has 0 saturated carbocycles. The summed E-state index contributed by atoms with van der Waals surface area (Å²) >= 11 is 0. The molecule has 2 rings (SSSR count). The molecule has 0 aliphatic carbocycles. The zero-order valence-corrected chi connectivity index (χ0v) is 50.8. The van der Waals surface area contributed by atoms with Crippen LogP contribution in [0.4, 0.5) is 0 Å². The van der Waals surface area contributed by atoms with Gasteiger partial charge in [-0.2, -0.15) is 0 Å². The lowest BCUT2D eigenvalue weighted by molar-refractivity contribution is 0.161. The third-order valence-corrected chi connectivity index (χ3v) is 18.7. The highest BCUT2D eigenvalue weighted by molar-refractivity contribution is 4.97. The third-order valence-electron chi connectivity index (χ3n) is 18.7. The summed E-state index contributed by atoms with van der Waals surface area (Å²) in [4.78, 5) is 3.09. The van der Waals surface area contributed by atoms with Crippen LogP contribution in [-0.2, 0) is 0 Å². The highest BCUT2D eigenvalue weighted by Crippen LogP contribution is 2.40. The Morgan fingerprint density at radius 2 is 0.319 bits per heavy atom. The average molecular weight is 1010 g/mol. The highest BCUT2D eigenvalue weighted by Gasteiger charge is 2.41. The van der Waals surface area contributed by atoms with E-state index in [0.29, 0.717) is 0 Å².